The summed E-state index contributed by atoms with van der Waals surface area (Å²) in [4.78, 5) is 11.5. The van der Waals surface area contributed by atoms with Gasteiger partial charge in [0.2, 0.25) is 0 Å². The number of hydrogen-bond acceptors (Lipinski definition) is 3. The largest absolute Gasteiger partial charge is 0.412 e. The van der Waals surface area contributed by atoms with Crippen molar-refractivity contribution < 1.29 is 13.9 Å². The number of amides is 1. The fourth-order valence-corrected chi connectivity index (χ4v) is 1.66. The van der Waals surface area contributed by atoms with E-state index in [1.54, 1.807) is 36.4 Å². The minimum absolute atomic E-state index is 0.0579. The van der Waals surface area contributed by atoms with E-state index in [9.17, 15) is 9.18 Å². The van der Waals surface area contributed by atoms with Crippen molar-refractivity contribution in [3.63, 3.8) is 0 Å². The average molecular weight is 274 g/mol. The maximum Gasteiger partial charge on any atom is 0.412 e. The molecule has 0 heterocycles. The molecule has 3 N–H and O–H groups in total. The first-order valence-electron chi connectivity index (χ1n) is 6.17. The van der Waals surface area contributed by atoms with Crippen LogP contribution in [0.25, 0.3) is 0 Å². The van der Waals surface area contributed by atoms with Crippen LogP contribution in [0, 0.1) is 5.82 Å². The Balaban J connectivity index is 1.90. The average Bonchev–Trinajstić information content (AvgIpc) is 2.47. The molecule has 1 amide bonds. The summed E-state index contributed by atoms with van der Waals surface area (Å²) in [6, 6.07) is 13.3. The van der Waals surface area contributed by atoms with Gasteiger partial charge in [-0.2, -0.15) is 0 Å². The number of rotatable bonds is 4. The molecule has 0 aromatic heterocycles. The van der Waals surface area contributed by atoms with Crippen molar-refractivity contribution in [1.82, 2.24) is 5.32 Å². The molecule has 0 aliphatic rings. The molecule has 2 aromatic rings. The smallest absolute Gasteiger partial charge is 0.410 e. The molecule has 0 bridgehead atoms. The van der Waals surface area contributed by atoms with Gasteiger partial charge in [-0.05, 0) is 23.8 Å². The molecule has 2 aromatic carbocycles. The van der Waals surface area contributed by atoms with Crippen LogP contribution in [0.4, 0.5) is 9.18 Å². The predicted molar refractivity (Wildman–Crippen MR) is 73.6 cm³/mol. The molecule has 0 atom stereocenters. The van der Waals surface area contributed by atoms with Crippen LogP contribution in [0.5, 0.6) is 5.75 Å². The summed E-state index contributed by atoms with van der Waals surface area (Å²) < 4.78 is 18.7. The van der Waals surface area contributed by atoms with Crippen LogP contribution in [0.15, 0.2) is 48.5 Å². The number of ether oxygens (including phenoxy) is 1. The monoisotopic (exact) mass is 274 g/mol. The highest BCUT2D eigenvalue weighted by molar-refractivity contribution is 5.70. The van der Waals surface area contributed by atoms with Crippen molar-refractivity contribution in [2.45, 2.75) is 13.1 Å². The topological polar surface area (TPSA) is 64.3 Å². The summed E-state index contributed by atoms with van der Waals surface area (Å²) in [7, 11) is 0. The number of benzene rings is 2. The SMILES string of the molecule is NCc1ccc(CNC(=O)Oc2ccccc2)c(F)c1. The minimum atomic E-state index is -0.626. The Kier molecular flexibility index (Phi) is 4.68. The first kappa shape index (κ1) is 14.0. The summed E-state index contributed by atoms with van der Waals surface area (Å²) in [6.07, 6.45) is -0.626. The molecule has 104 valence electrons. The summed E-state index contributed by atoms with van der Waals surface area (Å²) in [5, 5.41) is 2.49. The molecule has 2 rings (SSSR count). The molecular formula is C15H15FN2O2. The number of nitrogens with two attached hydrogens (primary N) is 1. The third kappa shape index (κ3) is 3.80. The first-order valence-corrected chi connectivity index (χ1v) is 6.17. The molecule has 0 spiro atoms. The first-order chi connectivity index (χ1) is 9.69. The maximum atomic E-state index is 13.7. The summed E-state index contributed by atoms with van der Waals surface area (Å²) >= 11 is 0. The van der Waals surface area contributed by atoms with Gasteiger partial charge in [0.25, 0.3) is 0 Å². The van der Waals surface area contributed by atoms with Gasteiger partial charge >= 0.3 is 6.09 Å². The number of nitrogens with one attached hydrogen (secondary N) is 1. The van der Waals surface area contributed by atoms with Gasteiger partial charge < -0.3 is 15.8 Å². The van der Waals surface area contributed by atoms with Crippen molar-refractivity contribution in [3.05, 3.63) is 65.5 Å². The second kappa shape index (κ2) is 6.68. The third-order valence-corrected chi connectivity index (χ3v) is 2.73. The number of para-hydroxylation sites is 1. The van der Waals surface area contributed by atoms with Gasteiger partial charge in [0.15, 0.2) is 0 Å². The van der Waals surface area contributed by atoms with E-state index < -0.39 is 11.9 Å². The van der Waals surface area contributed by atoms with Gasteiger partial charge in [-0.15, -0.1) is 0 Å². The van der Waals surface area contributed by atoms with Gasteiger partial charge in [-0.1, -0.05) is 30.3 Å². The zero-order valence-corrected chi connectivity index (χ0v) is 10.8. The molecule has 0 radical (unpaired) electrons. The lowest BCUT2D eigenvalue weighted by atomic mass is 10.1. The van der Waals surface area contributed by atoms with Crippen molar-refractivity contribution in [3.8, 4) is 5.75 Å². The molecule has 0 saturated carbocycles. The Bertz CT molecular complexity index is 588. The molecular weight excluding hydrogens is 259 g/mol. The van der Waals surface area contributed by atoms with Crippen molar-refractivity contribution in [1.29, 1.82) is 0 Å². The van der Waals surface area contributed by atoms with Crippen LogP contribution in [0.2, 0.25) is 0 Å². The van der Waals surface area contributed by atoms with E-state index in [1.165, 1.54) is 6.07 Å². The Labute approximate surface area is 116 Å². The predicted octanol–water partition coefficient (Wildman–Crippen LogP) is 2.57. The minimum Gasteiger partial charge on any atom is -0.410 e. The number of carbonyl (C=O) groups excluding carboxylic acids is 1. The van der Waals surface area contributed by atoms with Gasteiger partial charge in [0.1, 0.15) is 11.6 Å². The molecule has 4 nitrogen and oxygen atoms in total. The van der Waals surface area contributed by atoms with Crippen LogP contribution in [-0.2, 0) is 13.1 Å². The van der Waals surface area contributed by atoms with E-state index in [1.807, 2.05) is 6.07 Å². The fourth-order valence-electron chi connectivity index (χ4n) is 1.66. The van der Waals surface area contributed by atoms with Crippen LogP contribution in [0.1, 0.15) is 11.1 Å². The van der Waals surface area contributed by atoms with Crippen LogP contribution < -0.4 is 15.8 Å². The van der Waals surface area contributed by atoms with Gasteiger partial charge in [-0.25, -0.2) is 9.18 Å². The molecule has 0 fully saturated rings. The van der Waals surface area contributed by atoms with E-state index in [0.717, 1.165) is 0 Å². The molecule has 5 heteroatoms. The Hall–Kier alpha value is -2.40. The molecule has 0 aliphatic heterocycles. The summed E-state index contributed by atoms with van der Waals surface area (Å²) in [5.41, 5.74) is 6.51. The quantitative estimate of drug-likeness (QED) is 0.900. The molecule has 0 unspecified atom stereocenters. The van der Waals surface area contributed by atoms with E-state index in [4.69, 9.17) is 10.5 Å². The highest BCUT2D eigenvalue weighted by Crippen LogP contribution is 2.11. The Morgan fingerprint density at radius 1 is 1.20 bits per heavy atom. The second-order valence-electron chi connectivity index (χ2n) is 4.19. The Morgan fingerprint density at radius 2 is 1.95 bits per heavy atom. The van der Waals surface area contributed by atoms with Gasteiger partial charge in [-0.3, -0.25) is 0 Å². The summed E-state index contributed by atoms with van der Waals surface area (Å²) in [5.74, 6) is 0.0388. The zero-order chi connectivity index (χ0) is 14.4. The lowest BCUT2D eigenvalue weighted by Crippen LogP contribution is -2.26. The maximum absolute atomic E-state index is 13.7. The van der Waals surface area contributed by atoms with Crippen LogP contribution >= 0.6 is 0 Å². The number of halogens is 1. The van der Waals surface area contributed by atoms with Crippen LogP contribution in [-0.4, -0.2) is 6.09 Å². The lowest BCUT2D eigenvalue weighted by molar-refractivity contribution is 0.200. The van der Waals surface area contributed by atoms with E-state index in [2.05, 4.69) is 5.32 Å². The zero-order valence-electron chi connectivity index (χ0n) is 10.8. The summed E-state index contributed by atoms with van der Waals surface area (Å²) in [6.45, 7) is 0.336. The highest BCUT2D eigenvalue weighted by Gasteiger charge is 2.07. The second-order valence-corrected chi connectivity index (χ2v) is 4.19. The van der Waals surface area contributed by atoms with E-state index in [0.29, 0.717) is 16.9 Å². The molecule has 0 saturated heterocycles. The van der Waals surface area contributed by atoms with E-state index >= 15 is 0 Å². The lowest BCUT2D eigenvalue weighted by Gasteiger charge is -2.08. The highest BCUT2D eigenvalue weighted by atomic mass is 19.1. The standard InChI is InChI=1S/C15H15FN2O2/c16-14-8-11(9-17)6-7-12(14)10-18-15(19)20-13-4-2-1-3-5-13/h1-8H,9-10,17H2,(H,18,19). The van der Waals surface area contributed by atoms with E-state index in [-0.39, 0.29) is 13.1 Å². The molecule has 0 aliphatic carbocycles. The van der Waals surface area contributed by atoms with Crippen molar-refractivity contribution in [2.75, 3.05) is 0 Å². The van der Waals surface area contributed by atoms with Crippen molar-refractivity contribution in [2.24, 2.45) is 5.73 Å². The van der Waals surface area contributed by atoms with Crippen molar-refractivity contribution >= 4 is 6.09 Å². The Morgan fingerprint density at radius 3 is 2.60 bits per heavy atom. The van der Waals surface area contributed by atoms with Gasteiger partial charge in [0, 0.05) is 18.7 Å². The molecule has 20 heavy (non-hydrogen) atoms. The number of hydrogen-bond donors (Lipinski definition) is 2. The number of carbonyl (C=O) groups is 1. The third-order valence-electron chi connectivity index (χ3n) is 2.73. The normalized spacial score (nSPS) is 10.1. The van der Waals surface area contributed by atoms with Crippen LogP contribution in [0.3, 0.4) is 0 Å². The van der Waals surface area contributed by atoms with Gasteiger partial charge in [0.05, 0.1) is 0 Å². The fraction of sp³-hybridized carbons (Fsp3) is 0.133.